The fourth-order valence-corrected chi connectivity index (χ4v) is 2.82. The summed E-state index contributed by atoms with van der Waals surface area (Å²) in [5.41, 5.74) is 1.09. The van der Waals surface area contributed by atoms with Crippen molar-refractivity contribution in [3.05, 3.63) is 34.6 Å². The first-order valence-corrected chi connectivity index (χ1v) is 8.18. The molecular weight excluding hydrogens is 273 g/mol. The van der Waals surface area contributed by atoms with Gasteiger partial charge in [0.1, 0.15) is 5.82 Å². The molecular formula is C17H27ClFN. The molecule has 1 aromatic rings. The lowest BCUT2D eigenvalue weighted by Crippen LogP contribution is -2.23. The lowest BCUT2D eigenvalue weighted by atomic mass is 9.89. The smallest absolute Gasteiger partial charge is 0.141 e. The Morgan fingerprint density at radius 3 is 2.55 bits per heavy atom. The van der Waals surface area contributed by atoms with Crippen molar-refractivity contribution in [1.29, 1.82) is 0 Å². The van der Waals surface area contributed by atoms with Crippen LogP contribution in [0.2, 0.25) is 5.02 Å². The molecule has 0 saturated heterocycles. The number of hydrogen-bond acceptors (Lipinski definition) is 1. The molecule has 2 atom stereocenters. The number of benzene rings is 1. The van der Waals surface area contributed by atoms with Crippen LogP contribution in [0, 0.1) is 11.7 Å². The second-order valence-electron chi connectivity index (χ2n) is 5.44. The first kappa shape index (κ1) is 17.5. The molecule has 0 bridgehead atoms. The molecule has 0 amide bonds. The van der Waals surface area contributed by atoms with Crippen LogP contribution in [0.3, 0.4) is 0 Å². The van der Waals surface area contributed by atoms with Gasteiger partial charge in [-0.2, -0.15) is 0 Å². The SMILES string of the molecule is CCCCC(CC)CC(NCC)c1ccc(F)c(Cl)c1. The molecule has 0 radical (unpaired) electrons. The van der Waals surface area contributed by atoms with E-state index in [-0.39, 0.29) is 16.9 Å². The minimum Gasteiger partial charge on any atom is -0.310 e. The molecule has 1 N–H and O–H groups in total. The topological polar surface area (TPSA) is 12.0 Å². The van der Waals surface area contributed by atoms with Crippen molar-refractivity contribution >= 4 is 11.6 Å². The third-order valence-electron chi connectivity index (χ3n) is 3.91. The normalized spacial score (nSPS) is 14.2. The fourth-order valence-electron chi connectivity index (χ4n) is 2.63. The van der Waals surface area contributed by atoms with Gasteiger partial charge in [0, 0.05) is 6.04 Å². The van der Waals surface area contributed by atoms with Gasteiger partial charge < -0.3 is 5.32 Å². The summed E-state index contributed by atoms with van der Waals surface area (Å²) in [6.07, 6.45) is 6.07. The Balaban J connectivity index is 2.78. The van der Waals surface area contributed by atoms with Gasteiger partial charge in [0.25, 0.3) is 0 Å². The van der Waals surface area contributed by atoms with Gasteiger partial charge in [-0.25, -0.2) is 4.39 Å². The molecule has 0 aromatic heterocycles. The minimum atomic E-state index is -0.344. The van der Waals surface area contributed by atoms with Crippen LogP contribution < -0.4 is 5.32 Å². The quantitative estimate of drug-likeness (QED) is 0.613. The van der Waals surface area contributed by atoms with E-state index in [0.717, 1.165) is 18.5 Å². The predicted octanol–water partition coefficient (Wildman–Crippen LogP) is 5.74. The Labute approximate surface area is 127 Å². The molecule has 0 aliphatic heterocycles. The fraction of sp³-hybridized carbons (Fsp3) is 0.647. The molecule has 0 aliphatic rings. The van der Waals surface area contributed by atoms with Crippen molar-refractivity contribution in [3.63, 3.8) is 0 Å². The maximum atomic E-state index is 13.3. The number of unbranched alkanes of at least 4 members (excludes halogenated alkanes) is 1. The van der Waals surface area contributed by atoms with Crippen LogP contribution in [-0.2, 0) is 0 Å². The molecule has 1 nitrogen and oxygen atoms in total. The molecule has 3 heteroatoms. The predicted molar refractivity (Wildman–Crippen MR) is 85.8 cm³/mol. The van der Waals surface area contributed by atoms with Gasteiger partial charge in [-0.1, -0.05) is 64.1 Å². The number of hydrogen-bond donors (Lipinski definition) is 1. The molecule has 0 saturated carbocycles. The van der Waals surface area contributed by atoms with E-state index in [2.05, 4.69) is 26.1 Å². The third-order valence-corrected chi connectivity index (χ3v) is 4.20. The maximum Gasteiger partial charge on any atom is 0.141 e. The Bertz CT molecular complexity index is 395. The van der Waals surface area contributed by atoms with Crippen LogP contribution >= 0.6 is 11.6 Å². The summed E-state index contributed by atoms with van der Waals surface area (Å²) in [6.45, 7) is 7.49. The van der Waals surface area contributed by atoms with Gasteiger partial charge >= 0.3 is 0 Å². The highest BCUT2D eigenvalue weighted by Gasteiger charge is 2.17. The molecule has 0 spiro atoms. The summed E-state index contributed by atoms with van der Waals surface area (Å²) >= 11 is 5.91. The van der Waals surface area contributed by atoms with Gasteiger partial charge in [0.2, 0.25) is 0 Å². The monoisotopic (exact) mass is 299 g/mol. The lowest BCUT2D eigenvalue weighted by Gasteiger charge is -2.24. The molecule has 20 heavy (non-hydrogen) atoms. The zero-order valence-electron chi connectivity index (χ0n) is 12.9. The molecule has 0 heterocycles. The molecule has 2 unspecified atom stereocenters. The van der Waals surface area contributed by atoms with E-state index in [9.17, 15) is 4.39 Å². The Hall–Kier alpha value is -0.600. The highest BCUT2D eigenvalue weighted by atomic mass is 35.5. The number of halogens is 2. The van der Waals surface area contributed by atoms with Gasteiger partial charge in [0.05, 0.1) is 5.02 Å². The lowest BCUT2D eigenvalue weighted by molar-refractivity contribution is 0.357. The van der Waals surface area contributed by atoms with E-state index in [1.165, 1.54) is 31.7 Å². The first-order chi connectivity index (χ1) is 9.62. The van der Waals surface area contributed by atoms with Crippen molar-refractivity contribution in [2.45, 2.75) is 58.9 Å². The summed E-state index contributed by atoms with van der Waals surface area (Å²) in [6, 6.07) is 5.34. The summed E-state index contributed by atoms with van der Waals surface area (Å²) in [7, 11) is 0. The molecule has 114 valence electrons. The van der Waals surface area contributed by atoms with E-state index in [4.69, 9.17) is 11.6 Å². The van der Waals surface area contributed by atoms with Crippen LogP contribution in [0.25, 0.3) is 0 Å². The van der Waals surface area contributed by atoms with E-state index >= 15 is 0 Å². The molecule has 0 aliphatic carbocycles. The average molecular weight is 300 g/mol. The van der Waals surface area contributed by atoms with Crippen molar-refractivity contribution in [3.8, 4) is 0 Å². The maximum absolute atomic E-state index is 13.3. The van der Waals surface area contributed by atoms with E-state index < -0.39 is 0 Å². The Morgan fingerprint density at radius 2 is 2.00 bits per heavy atom. The highest BCUT2D eigenvalue weighted by molar-refractivity contribution is 6.30. The number of nitrogens with one attached hydrogen (secondary N) is 1. The Kier molecular flexibility index (Phi) is 8.16. The van der Waals surface area contributed by atoms with Crippen LogP contribution in [0.15, 0.2) is 18.2 Å². The van der Waals surface area contributed by atoms with Crippen LogP contribution in [0.1, 0.15) is 64.5 Å². The summed E-state index contributed by atoms with van der Waals surface area (Å²) in [5.74, 6) is 0.367. The van der Waals surface area contributed by atoms with E-state index in [0.29, 0.717) is 5.92 Å². The second-order valence-corrected chi connectivity index (χ2v) is 5.84. The minimum absolute atomic E-state index is 0.215. The van der Waals surface area contributed by atoms with E-state index in [1.54, 1.807) is 6.07 Å². The van der Waals surface area contributed by atoms with Crippen molar-refractivity contribution in [1.82, 2.24) is 5.32 Å². The zero-order chi connectivity index (χ0) is 15.0. The third kappa shape index (κ3) is 5.41. The van der Waals surface area contributed by atoms with Crippen LogP contribution in [0.4, 0.5) is 4.39 Å². The summed E-state index contributed by atoms with van der Waals surface area (Å²) in [4.78, 5) is 0. The van der Waals surface area contributed by atoms with Crippen molar-refractivity contribution < 1.29 is 4.39 Å². The van der Waals surface area contributed by atoms with Gasteiger partial charge in [-0.05, 0) is 36.6 Å². The van der Waals surface area contributed by atoms with E-state index in [1.807, 2.05) is 6.07 Å². The average Bonchev–Trinajstić information content (AvgIpc) is 2.45. The van der Waals surface area contributed by atoms with Crippen molar-refractivity contribution in [2.24, 2.45) is 5.92 Å². The zero-order valence-corrected chi connectivity index (χ0v) is 13.6. The van der Waals surface area contributed by atoms with Crippen LogP contribution in [-0.4, -0.2) is 6.54 Å². The molecule has 0 fully saturated rings. The summed E-state index contributed by atoms with van der Waals surface area (Å²) < 4.78 is 13.3. The van der Waals surface area contributed by atoms with Crippen molar-refractivity contribution in [2.75, 3.05) is 6.54 Å². The van der Waals surface area contributed by atoms with Gasteiger partial charge in [-0.15, -0.1) is 0 Å². The first-order valence-electron chi connectivity index (χ1n) is 7.80. The van der Waals surface area contributed by atoms with Gasteiger partial charge in [-0.3, -0.25) is 0 Å². The Morgan fingerprint density at radius 1 is 1.25 bits per heavy atom. The largest absolute Gasteiger partial charge is 0.310 e. The standard InChI is InChI=1S/C17H27ClFN/c1-4-7-8-13(5-2)11-17(20-6-3)14-9-10-16(19)15(18)12-14/h9-10,12-13,17,20H,4-8,11H2,1-3H3. The molecule has 1 rings (SSSR count). The van der Waals surface area contributed by atoms with Crippen LogP contribution in [0.5, 0.6) is 0 Å². The van der Waals surface area contributed by atoms with Gasteiger partial charge in [0.15, 0.2) is 0 Å². The second kappa shape index (κ2) is 9.36. The summed E-state index contributed by atoms with van der Waals surface area (Å²) in [5, 5.41) is 3.72. The highest BCUT2D eigenvalue weighted by Crippen LogP contribution is 2.29. The number of rotatable bonds is 9. The molecule has 1 aromatic carbocycles.